The van der Waals surface area contributed by atoms with E-state index in [0.29, 0.717) is 24.1 Å². The smallest absolute Gasteiger partial charge is 0.303 e. The molecule has 0 spiro atoms. The first-order valence-corrected chi connectivity index (χ1v) is 12.5. The van der Waals surface area contributed by atoms with E-state index in [9.17, 15) is 28.0 Å². The van der Waals surface area contributed by atoms with Gasteiger partial charge in [0, 0.05) is 34.2 Å². The number of hydrogen-bond acceptors (Lipinski definition) is 9. The molecule has 1 heterocycles. The molecule has 0 unspecified atom stereocenters. The number of alkyl halides is 1. The first-order chi connectivity index (χ1) is 19.0. The maximum atomic E-state index is 14.1. The van der Waals surface area contributed by atoms with E-state index in [1.54, 1.807) is 30.3 Å². The van der Waals surface area contributed by atoms with Gasteiger partial charge in [0.2, 0.25) is 18.3 Å². The van der Waals surface area contributed by atoms with Crippen LogP contribution >= 0.6 is 0 Å². The Morgan fingerprint density at radius 2 is 1.52 bits per heavy atom. The highest BCUT2D eigenvalue weighted by Gasteiger charge is 2.53. The zero-order chi connectivity index (χ0) is 29.4. The molecule has 40 heavy (non-hydrogen) atoms. The number of nitrogens with one attached hydrogen (secondary N) is 1. The van der Waals surface area contributed by atoms with Crippen LogP contribution in [0.1, 0.15) is 33.3 Å². The Morgan fingerprint density at radius 3 is 2.12 bits per heavy atom. The number of carbonyl (C=O) groups is 4. The number of esters is 3. The van der Waals surface area contributed by atoms with Crippen LogP contribution in [0.4, 0.5) is 8.78 Å². The van der Waals surface area contributed by atoms with E-state index in [4.69, 9.17) is 23.7 Å². The second kappa shape index (κ2) is 13.8. The lowest BCUT2D eigenvalue weighted by molar-refractivity contribution is -0.285. The fraction of sp³-hybridized carbons (Fsp3) is 0.429. The molecule has 0 saturated carbocycles. The molecule has 3 rings (SSSR count). The van der Waals surface area contributed by atoms with Crippen LogP contribution in [0, 0.1) is 5.82 Å². The summed E-state index contributed by atoms with van der Waals surface area (Å²) in [6.07, 6.45) is -6.77. The highest BCUT2D eigenvalue weighted by atomic mass is 19.1. The van der Waals surface area contributed by atoms with Gasteiger partial charge in [0.1, 0.15) is 24.3 Å². The second-order valence-corrected chi connectivity index (χ2v) is 9.10. The Morgan fingerprint density at radius 1 is 0.875 bits per heavy atom. The minimum atomic E-state index is -1.48. The summed E-state index contributed by atoms with van der Waals surface area (Å²) >= 11 is 0. The van der Waals surface area contributed by atoms with Gasteiger partial charge in [-0.2, -0.15) is 0 Å². The predicted molar refractivity (Wildman–Crippen MR) is 136 cm³/mol. The number of halogens is 2. The Bertz CT molecular complexity index is 1240. The number of ether oxygens (including phenoxy) is 5. The van der Waals surface area contributed by atoms with E-state index in [1.165, 1.54) is 19.1 Å². The van der Waals surface area contributed by atoms with Crippen molar-refractivity contribution >= 4 is 23.8 Å². The summed E-state index contributed by atoms with van der Waals surface area (Å²) in [6.45, 7) is 3.88. The largest absolute Gasteiger partial charge is 0.461 e. The van der Waals surface area contributed by atoms with Crippen LogP contribution in [0.25, 0.3) is 11.1 Å². The molecule has 1 fully saturated rings. The van der Waals surface area contributed by atoms with Gasteiger partial charge < -0.3 is 29.0 Å². The number of carbonyl (C=O) groups excluding carboxylic acids is 4. The van der Waals surface area contributed by atoms with E-state index >= 15 is 0 Å². The van der Waals surface area contributed by atoms with Gasteiger partial charge in [-0.05, 0) is 47.4 Å². The molecule has 2 aromatic rings. The summed E-state index contributed by atoms with van der Waals surface area (Å²) < 4.78 is 55.7. The van der Waals surface area contributed by atoms with Crippen LogP contribution in [0.15, 0.2) is 42.5 Å². The van der Waals surface area contributed by atoms with E-state index in [2.05, 4.69) is 5.32 Å². The summed E-state index contributed by atoms with van der Waals surface area (Å²) in [5, 5.41) is 2.71. The van der Waals surface area contributed by atoms with Crippen LogP contribution in [0.2, 0.25) is 0 Å². The third kappa shape index (κ3) is 8.22. The van der Waals surface area contributed by atoms with Crippen molar-refractivity contribution in [2.24, 2.45) is 0 Å². The minimum absolute atomic E-state index is 0.176. The molecular weight excluding hydrogens is 532 g/mol. The maximum absolute atomic E-state index is 14.1. The van der Waals surface area contributed by atoms with Crippen molar-refractivity contribution in [1.29, 1.82) is 0 Å². The zero-order valence-electron chi connectivity index (χ0n) is 22.5. The van der Waals surface area contributed by atoms with Crippen LogP contribution in [-0.2, 0) is 44.5 Å². The van der Waals surface area contributed by atoms with Crippen LogP contribution < -0.4 is 10.1 Å². The summed E-state index contributed by atoms with van der Waals surface area (Å²) in [5.74, 6) is -2.86. The average molecular weight is 564 g/mol. The topological polar surface area (TPSA) is 126 Å². The summed E-state index contributed by atoms with van der Waals surface area (Å²) in [7, 11) is 0. The van der Waals surface area contributed by atoms with E-state index in [-0.39, 0.29) is 11.7 Å². The zero-order valence-corrected chi connectivity index (χ0v) is 22.5. The normalized spacial score (nSPS) is 22.1. The Labute approximate surface area is 229 Å². The van der Waals surface area contributed by atoms with Crippen molar-refractivity contribution in [2.75, 3.05) is 13.2 Å². The molecular formula is C28H31F2NO9. The van der Waals surface area contributed by atoms with Gasteiger partial charge in [-0.15, -0.1) is 0 Å². The molecule has 216 valence electrons. The van der Waals surface area contributed by atoms with Crippen LogP contribution in [0.5, 0.6) is 5.75 Å². The molecule has 0 bridgehead atoms. The van der Waals surface area contributed by atoms with Crippen LogP contribution in [-0.4, -0.2) is 67.7 Å². The van der Waals surface area contributed by atoms with Crippen molar-refractivity contribution in [2.45, 2.75) is 64.8 Å². The highest BCUT2D eigenvalue weighted by molar-refractivity contribution is 5.73. The van der Waals surface area contributed by atoms with Crippen molar-refractivity contribution in [3.8, 4) is 16.9 Å². The molecule has 0 radical (unpaired) electrons. The maximum Gasteiger partial charge on any atom is 0.303 e. The van der Waals surface area contributed by atoms with Crippen molar-refractivity contribution in [3.05, 3.63) is 53.8 Å². The Kier molecular flexibility index (Phi) is 10.5. The molecule has 5 atom stereocenters. The quantitative estimate of drug-likeness (QED) is 0.343. The van der Waals surface area contributed by atoms with Crippen molar-refractivity contribution in [1.82, 2.24) is 5.32 Å². The first kappa shape index (κ1) is 30.5. The minimum Gasteiger partial charge on any atom is -0.461 e. The molecule has 1 N–H and O–H groups in total. The summed E-state index contributed by atoms with van der Waals surface area (Å²) in [4.78, 5) is 46.9. The number of hydrogen-bond donors (Lipinski definition) is 1. The molecule has 12 heteroatoms. The lowest BCUT2D eigenvalue weighted by Crippen LogP contribution is -2.63. The SMILES string of the molecule is CC(=O)NCCc1ccc(O[C@@H]2O[C@@H](CF)[C@H](OC(C)=O)[C@@H](OC(C)=O)[C@H]2OC(C)=O)cc1-c1cccc(F)c1. The third-order valence-electron chi connectivity index (χ3n) is 5.89. The van der Waals surface area contributed by atoms with Crippen molar-refractivity contribution in [3.63, 3.8) is 0 Å². The number of benzene rings is 2. The standard InChI is InChI=1S/C28H31F2NO9/c1-15(32)31-11-10-19-8-9-22(13-23(19)20-6-5-7-21(30)12-20)39-28-27(38-18(4)35)26(37-17(3)34)25(36-16(2)33)24(14-29)40-28/h5-9,12-13,24-28H,10-11,14H2,1-4H3,(H,31,32)/t24-,25-,26+,27+,28+/m0/s1. The monoisotopic (exact) mass is 563 g/mol. The molecule has 1 aliphatic heterocycles. The number of amides is 1. The van der Waals surface area contributed by atoms with Gasteiger partial charge in [-0.1, -0.05) is 18.2 Å². The average Bonchev–Trinajstić information content (AvgIpc) is 2.87. The summed E-state index contributed by atoms with van der Waals surface area (Å²) in [5.41, 5.74) is 1.87. The van der Waals surface area contributed by atoms with Gasteiger partial charge in [-0.3, -0.25) is 19.2 Å². The van der Waals surface area contributed by atoms with Crippen LogP contribution in [0.3, 0.4) is 0 Å². The third-order valence-corrected chi connectivity index (χ3v) is 5.89. The lowest BCUT2D eigenvalue weighted by atomic mass is 9.96. The second-order valence-electron chi connectivity index (χ2n) is 9.10. The summed E-state index contributed by atoms with van der Waals surface area (Å²) in [6, 6.07) is 10.7. The first-order valence-electron chi connectivity index (χ1n) is 12.5. The fourth-order valence-electron chi connectivity index (χ4n) is 4.35. The predicted octanol–water partition coefficient (Wildman–Crippen LogP) is 3.04. The highest BCUT2D eigenvalue weighted by Crippen LogP contribution is 2.34. The molecule has 10 nitrogen and oxygen atoms in total. The molecule has 2 aromatic carbocycles. The Balaban J connectivity index is 2.00. The molecule has 1 saturated heterocycles. The van der Waals surface area contributed by atoms with Gasteiger partial charge in [0.05, 0.1) is 0 Å². The fourth-order valence-corrected chi connectivity index (χ4v) is 4.35. The van der Waals surface area contributed by atoms with Gasteiger partial charge in [-0.25, -0.2) is 8.78 Å². The van der Waals surface area contributed by atoms with Crippen molar-refractivity contribution < 1.29 is 51.6 Å². The molecule has 0 aliphatic carbocycles. The van der Waals surface area contributed by atoms with Gasteiger partial charge >= 0.3 is 17.9 Å². The van der Waals surface area contributed by atoms with E-state index in [1.807, 2.05) is 0 Å². The van der Waals surface area contributed by atoms with E-state index < -0.39 is 61.1 Å². The lowest BCUT2D eigenvalue weighted by Gasteiger charge is -2.43. The van der Waals surface area contributed by atoms with Gasteiger partial charge in [0.25, 0.3) is 0 Å². The van der Waals surface area contributed by atoms with E-state index in [0.717, 1.165) is 26.3 Å². The molecule has 1 amide bonds. The molecule has 0 aromatic heterocycles. The number of rotatable bonds is 10. The van der Waals surface area contributed by atoms with Gasteiger partial charge in [0.15, 0.2) is 12.2 Å². The Hall–Kier alpha value is -4.06. The molecule has 1 aliphatic rings.